The molecular weight excluding hydrogens is 364 g/mol. The monoisotopic (exact) mass is 396 g/mol. The molecule has 0 saturated carbocycles. The Balaban J connectivity index is 2.19. The van der Waals surface area contributed by atoms with Crippen LogP contribution in [-0.4, -0.2) is 26.2 Å². The lowest BCUT2D eigenvalue weighted by molar-refractivity contribution is 0.753. The van der Waals surface area contributed by atoms with E-state index >= 15 is 0 Å². The smallest absolute Gasteiger partial charge is 0.0453 e. The minimum atomic E-state index is 0.408. The molecule has 0 aliphatic rings. The maximum Gasteiger partial charge on any atom is 0.0453 e. The first-order chi connectivity index (χ1) is 14.4. The van der Waals surface area contributed by atoms with E-state index in [2.05, 4.69) is 124 Å². The summed E-state index contributed by atoms with van der Waals surface area (Å²) in [6.45, 7) is 9.01. The third-order valence-corrected chi connectivity index (χ3v) is 6.37. The summed E-state index contributed by atoms with van der Waals surface area (Å²) in [5.41, 5.74) is 5.20. The fraction of sp³-hybridized carbons (Fsp3) is 0.286. The van der Waals surface area contributed by atoms with Crippen molar-refractivity contribution in [1.29, 1.82) is 0 Å². The molecule has 0 radical (unpaired) electrons. The fourth-order valence-electron chi connectivity index (χ4n) is 4.19. The standard InChI is InChI=1S/C28H32N2/c1-19(2)29(5)25-17-15-21-11-7-9-13-23(21)27(25)28-24-14-10-8-12-22(24)16-18-26(28)30(6)20(3)4/h7-20H,1-6H3. The van der Waals surface area contributed by atoms with Crippen molar-refractivity contribution in [1.82, 2.24) is 0 Å². The lowest BCUT2D eigenvalue weighted by atomic mass is 9.90. The molecule has 2 nitrogen and oxygen atoms in total. The highest BCUT2D eigenvalue weighted by atomic mass is 15.1. The van der Waals surface area contributed by atoms with E-state index in [1.165, 1.54) is 44.0 Å². The number of hydrogen-bond donors (Lipinski definition) is 0. The third kappa shape index (κ3) is 3.41. The quantitative estimate of drug-likeness (QED) is 0.348. The first-order valence-electron chi connectivity index (χ1n) is 10.9. The number of anilines is 2. The molecule has 0 aliphatic heterocycles. The molecule has 0 heterocycles. The summed E-state index contributed by atoms with van der Waals surface area (Å²) in [6, 6.07) is 27.4. The van der Waals surface area contributed by atoms with E-state index in [0.29, 0.717) is 12.1 Å². The summed E-state index contributed by atoms with van der Waals surface area (Å²) in [6.07, 6.45) is 0. The molecule has 4 rings (SSSR count). The zero-order valence-corrected chi connectivity index (χ0v) is 19.0. The Morgan fingerprint density at radius 3 is 1.23 bits per heavy atom. The summed E-state index contributed by atoms with van der Waals surface area (Å²) in [5.74, 6) is 0. The van der Waals surface area contributed by atoms with Gasteiger partial charge >= 0.3 is 0 Å². The molecule has 0 saturated heterocycles. The van der Waals surface area contributed by atoms with Gasteiger partial charge in [-0.1, -0.05) is 60.7 Å². The summed E-state index contributed by atoms with van der Waals surface area (Å²) >= 11 is 0. The van der Waals surface area contributed by atoms with Crippen LogP contribution in [0, 0.1) is 0 Å². The van der Waals surface area contributed by atoms with E-state index in [1.807, 2.05) is 0 Å². The molecule has 0 amide bonds. The van der Waals surface area contributed by atoms with Gasteiger partial charge in [0.2, 0.25) is 0 Å². The minimum absolute atomic E-state index is 0.408. The van der Waals surface area contributed by atoms with Crippen LogP contribution in [0.2, 0.25) is 0 Å². The maximum absolute atomic E-state index is 2.39. The second-order valence-electron chi connectivity index (χ2n) is 8.77. The summed E-state index contributed by atoms with van der Waals surface area (Å²) in [7, 11) is 4.41. The third-order valence-electron chi connectivity index (χ3n) is 6.37. The SMILES string of the molecule is CC(C)N(C)c1ccc2ccccc2c1-c1c(N(C)C(C)C)ccc2ccccc12. The lowest BCUT2D eigenvalue weighted by Gasteiger charge is -2.32. The van der Waals surface area contributed by atoms with Crippen LogP contribution >= 0.6 is 0 Å². The second-order valence-corrected chi connectivity index (χ2v) is 8.77. The Morgan fingerprint density at radius 1 is 0.500 bits per heavy atom. The van der Waals surface area contributed by atoms with Crippen LogP contribution in [0.4, 0.5) is 11.4 Å². The number of benzene rings is 4. The van der Waals surface area contributed by atoms with E-state index in [1.54, 1.807) is 0 Å². The van der Waals surface area contributed by atoms with Gasteiger partial charge in [-0.3, -0.25) is 0 Å². The molecule has 0 fully saturated rings. The highest BCUT2D eigenvalue weighted by molar-refractivity contribution is 6.13. The van der Waals surface area contributed by atoms with Gasteiger partial charge in [0.15, 0.2) is 0 Å². The second kappa shape index (κ2) is 8.02. The lowest BCUT2D eigenvalue weighted by Crippen LogP contribution is -2.27. The van der Waals surface area contributed by atoms with E-state index in [4.69, 9.17) is 0 Å². The fourth-order valence-corrected chi connectivity index (χ4v) is 4.19. The maximum atomic E-state index is 2.39. The average Bonchev–Trinajstić information content (AvgIpc) is 2.76. The van der Waals surface area contributed by atoms with Crippen LogP contribution in [0.25, 0.3) is 32.7 Å². The van der Waals surface area contributed by atoms with Crippen LogP contribution < -0.4 is 9.80 Å². The summed E-state index contributed by atoms with van der Waals surface area (Å²) in [4.78, 5) is 4.78. The van der Waals surface area contributed by atoms with E-state index in [9.17, 15) is 0 Å². The molecule has 154 valence electrons. The molecule has 30 heavy (non-hydrogen) atoms. The van der Waals surface area contributed by atoms with Crippen molar-refractivity contribution in [3.63, 3.8) is 0 Å². The van der Waals surface area contributed by atoms with Gasteiger partial charge in [-0.2, -0.15) is 0 Å². The molecule has 0 spiro atoms. The van der Waals surface area contributed by atoms with Crippen molar-refractivity contribution in [3.8, 4) is 11.1 Å². The average molecular weight is 397 g/mol. The summed E-state index contributed by atoms with van der Waals surface area (Å²) in [5, 5.41) is 5.16. The van der Waals surface area contributed by atoms with Gasteiger partial charge in [0.25, 0.3) is 0 Å². The molecule has 4 aromatic carbocycles. The molecular formula is C28H32N2. The Kier molecular flexibility index (Phi) is 5.42. The molecule has 4 aromatic rings. The number of rotatable bonds is 5. The highest BCUT2D eigenvalue weighted by Crippen LogP contribution is 2.46. The van der Waals surface area contributed by atoms with Gasteiger partial charge in [-0.15, -0.1) is 0 Å². The Hall–Kier alpha value is -3.00. The van der Waals surface area contributed by atoms with Gasteiger partial charge in [0.1, 0.15) is 0 Å². The zero-order valence-electron chi connectivity index (χ0n) is 19.0. The van der Waals surface area contributed by atoms with Crippen molar-refractivity contribution in [2.75, 3.05) is 23.9 Å². The van der Waals surface area contributed by atoms with Gasteiger partial charge < -0.3 is 9.80 Å². The van der Waals surface area contributed by atoms with Gasteiger partial charge in [0, 0.05) is 48.7 Å². The van der Waals surface area contributed by atoms with E-state index in [0.717, 1.165) is 0 Å². The van der Waals surface area contributed by atoms with Crippen LogP contribution in [0.15, 0.2) is 72.8 Å². The van der Waals surface area contributed by atoms with Gasteiger partial charge in [0.05, 0.1) is 0 Å². The number of fused-ring (bicyclic) bond motifs is 2. The van der Waals surface area contributed by atoms with E-state index in [-0.39, 0.29) is 0 Å². The number of hydrogen-bond acceptors (Lipinski definition) is 2. The Bertz CT molecular complexity index is 1090. The van der Waals surface area contributed by atoms with Crippen LogP contribution in [0.1, 0.15) is 27.7 Å². The van der Waals surface area contributed by atoms with Crippen molar-refractivity contribution < 1.29 is 0 Å². The molecule has 0 atom stereocenters. The van der Waals surface area contributed by atoms with E-state index < -0.39 is 0 Å². The first kappa shape index (κ1) is 20.3. The first-order valence-corrected chi connectivity index (χ1v) is 10.9. The van der Waals surface area contributed by atoms with Crippen LogP contribution in [0.5, 0.6) is 0 Å². The van der Waals surface area contributed by atoms with Crippen molar-refractivity contribution in [2.24, 2.45) is 0 Å². The van der Waals surface area contributed by atoms with Gasteiger partial charge in [-0.25, -0.2) is 0 Å². The van der Waals surface area contributed by atoms with Crippen molar-refractivity contribution >= 4 is 32.9 Å². The predicted octanol–water partition coefficient (Wildman–Crippen LogP) is 7.35. The van der Waals surface area contributed by atoms with Crippen molar-refractivity contribution in [2.45, 2.75) is 39.8 Å². The molecule has 0 aromatic heterocycles. The molecule has 0 N–H and O–H groups in total. The van der Waals surface area contributed by atoms with Crippen molar-refractivity contribution in [3.05, 3.63) is 72.8 Å². The molecule has 0 unspecified atom stereocenters. The molecule has 0 aliphatic carbocycles. The highest BCUT2D eigenvalue weighted by Gasteiger charge is 2.22. The van der Waals surface area contributed by atoms with Crippen LogP contribution in [0.3, 0.4) is 0 Å². The van der Waals surface area contributed by atoms with Gasteiger partial charge in [-0.05, 0) is 61.4 Å². The Labute approximate surface area is 180 Å². The Morgan fingerprint density at radius 2 is 0.867 bits per heavy atom. The predicted molar refractivity (Wildman–Crippen MR) is 134 cm³/mol. The largest absolute Gasteiger partial charge is 0.372 e. The molecule has 2 heteroatoms. The summed E-state index contributed by atoms with van der Waals surface area (Å²) < 4.78 is 0. The minimum Gasteiger partial charge on any atom is -0.372 e. The number of nitrogens with zero attached hydrogens (tertiary/aromatic N) is 2. The zero-order chi connectivity index (χ0) is 21.4. The van der Waals surface area contributed by atoms with Crippen LogP contribution in [-0.2, 0) is 0 Å². The molecule has 0 bridgehead atoms. The topological polar surface area (TPSA) is 6.48 Å². The normalized spacial score (nSPS) is 11.6.